The van der Waals surface area contributed by atoms with Gasteiger partial charge in [-0.25, -0.2) is 0 Å². The first-order valence-electron chi connectivity index (χ1n) is 11.2. The Morgan fingerprint density at radius 2 is 1.72 bits per heavy atom. The summed E-state index contributed by atoms with van der Waals surface area (Å²) >= 11 is 0. The maximum absolute atomic E-state index is 13.1. The first kappa shape index (κ1) is 23.3. The molecule has 0 spiro atoms. The van der Waals surface area contributed by atoms with Crippen molar-refractivity contribution in [1.82, 2.24) is 14.4 Å². The van der Waals surface area contributed by atoms with Crippen LogP contribution in [0.5, 0.6) is 0 Å². The molecule has 0 unspecified atom stereocenters. The van der Waals surface area contributed by atoms with Gasteiger partial charge in [0.05, 0.1) is 0 Å². The molecular weight excluding hydrogens is 400 g/mol. The van der Waals surface area contributed by atoms with Crippen molar-refractivity contribution in [3.8, 4) is 6.07 Å². The highest BCUT2D eigenvalue weighted by molar-refractivity contribution is 6.02. The van der Waals surface area contributed by atoms with Crippen LogP contribution in [0.25, 0.3) is 6.08 Å². The fourth-order valence-corrected chi connectivity index (χ4v) is 4.17. The highest BCUT2D eigenvalue weighted by Gasteiger charge is 2.25. The second-order valence-electron chi connectivity index (χ2n) is 8.80. The van der Waals surface area contributed by atoms with Crippen LogP contribution in [0.1, 0.15) is 47.6 Å². The lowest BCUT2D eigenvalue weighted by Crippen LogP contribution is -2.37. The Labute approximate surface area is 190 Å². The number of carbonyl (C=O) groups excluding carboxylic acids is 2. The van der Waals surface area contributed by atoms with Crippen molar-refractivity contribution >= 4 is 17.9 Å². The molecule has 1 fully saturated rings. The predicted molar refractivity (Wildman–Crippen MR) is 126 cm³/mol. The van der Waals surface area contributed by atoms with Crippen LogP contribution in [0.2, 0.25) is 0 Å². The van der Waals surface area contributed by atoms with Gasteiger partial charge in [-0.15, -0.1) is 0 Å². The zero-order chi connectivity index (χ0) is 23.3. The molecule has 0 bridgehead atoms. The van der Waals surface area contributed by atoms with E-state index >= 15 is 0 Å². The molecule has 168 valence electrons. The molecule has 0 radical (unpaired) electrons. The molecular formula is C26H32N4O2. The Balaban J connectivity index is 1.73. The first-order valence-corrected chi connectivity index (χ1v) is 11.2. The van der Waals surface area contributed by atoms with Crippen molar-refractivity contribution in [3.63, 3.8) is 0 Å². The molecule has 0 aliphatic carbocycles. The van der Waals surface area contributed by atoms with Gasteiger partial charge in [0.1, 0.15) is 11.6 Å². The van der Waals surface area contributed by atoms with Gasteiger partial charge in [0.15, 0.2) is 0 Å². The van der Waals surface area contributed by atoms with Crippen molar-refractivity contribution in [2.75, 3.05) is 26.2 Å². The topological polar surface area (TPSA) is 69.3 Å². The van der Waals surface area contributed by atoms with E-state index in [4.69, 9.17) is 0 Å². The summed E-state index contributed by atoms with van der Waals surface area (Å²) in [5.74, 6) is 0.219. The van der Waals surface area contributed by atoms with Crippen molar-refractivity contribution in [2.45, 2.75) is 40.7 Å². The largest absolute Gasteiger partial charge is 0.348 e. The highest BCUT2D eigenvalue weighted by atomic mass is 16.2. The number of amides is 2. The zero-order valence-corrected chi connectivity index (χ0v) is 19.5. The number of hydrogen-bond donors (Lipinski definition) is 0. The highest BCUT2D eigenvalue weighted by Crippen LogP contribution is 2.21. The molecule has 1 aliphatic heterocycles. The van der Waals surface area contributed by atoms with Gasteiger partial charge in [0, 0.05) is 49.7 Å². The summed E-state index contributed by atoms with van der Waals surface area (Å²) in [6.45, 7) is 11.3. The molecule has 32 heavy (non-hydrogen) atoms. The molecule has 1 aliphatic rings. The summed E-state index contributed by atoms with van der Waals surface area (Å²) in [4.78, 5) is 29.4. The Morgan fingerprint density at radius 1 is 1.06 bits per heavy atom. The fourth-order valence-electron chi connectivity index (χ4n) is 4.17. The van der Waals surface area contributed by atoms with Crippen molar-refractivity contribution in [3.05, 3.63) is 64.5 Å². The number of aromatic nitrogens is 1. The van der Waals surface area contributed by atoms with Gasteiger partial charge >= 0.3 is 0 Å². The van der Waals surface area contributed by atoms with Gasteiger partial charge in [0.2, 0.25) is 0 Å². The summed E-state index contributed by atoms with van der Waals surface area (Å²) in [6, 6.07) is 13.3. The predicted octanol–water partition coefficient (Wildman–Crippen LogP) is 4.04. The second-order valence-corrected chi connectivity index (χ2v) is 8.80. The molecule has 2 aromatic rings. The molecule has 0 atom stereocenters. The number of hydrogen-bond acceptors (Lipinski definition) is 3. The second kappa shape index (κ2) is 10.3. The Morgan fingerprint density at radius 3 is 2.38 bits per heavy atom. The Hall–Kier alpha value is -3.33. The van der Waals surface area contributed by atoms with Crippen LogP contribution in [0.4, 0.5) is 0 Å². The van der Waals surface area contributed by atoms with Crippen LogP contribution in [-0.2, 0) is 11.3 Å². The standard InChI is InChI=1S/C26H32N4O2/c1-19(2)18-30-20(3)15-23(21(30)4)16-24(17-27)26(32)29-12-8-11-28(13-14-29)25(31)22-9-6-5-7-10-22/h5-7,9-10,15-16,19H,8,11-14,18H2,1-4H3. The number of rotatable bonds is 5. The SMILES string of the molecule is Cc1cc(C=C(C#N)C(=O)N2CCCN(C(=O)c3ccccc3)CC2)c(C)n1CC(C)C. The molecule has 1 saturated heterocycles. The molecule has 0 saturated carbocycles. The lowest BCUT2D eigenvalue weighted by atomic mass is 10.1. The smallest absolute Gasteiger partial charge is 0.264 e. The minimum Gasteiger partial charge on any atom is -0.348 e. The molecule has 2 amide bonds. The minimum atomic E-state index is -0.268. The van der Waals surface area contributed by atoms with Crippen LogP contribution in [0.3, 0.4) is 0 Å². The third-order valence-corrected chi connectivity index (χ3v) is 5.90. The van der Waals surface area contributed by atoms with Crippen molar-refractivity contribution in [2.24, 2.45) is 5.92 Å². The van der Waals surface area contributed by atoms with Crippen LogP contribution in [0.15, 0.2) is 42.0 Å². The lowest BCUT2D eigenvalue weighted by molar-refractivity contribution is -0.126. The van der Waals surface area contributed by atoms with E-state index < -0.39 is 0 Å². The summed E-state index contributed by atoms with van der Waals surface area (Å²) in [5, 5.41) is 9.72. The maximum Gasteiger partial charge on any atom is 0.264 e. The van der Waals surface area contributed by atoms with E-state index in [1.165, 1.54) is 0 Å². The van der Waals surface area contributed by atoms with E-state index in [0.717, 1.165) is 23.5 Å². The fraction of sp³-hybridized carbons (Fsp3) is 0.423. The van der Waals surface area contributed by atoms with E-state index in [9.17, 15) is 14.9 Å². The molecule has 6 nitrogen and oxygen atoms in total. The molecule has 0 N–H and O–H groups in total. The zero-order valence-electron chi connectivity index (χ0n) is 19.5. The van der Waals surface area contributed by atoms with E-state index in [1.54, 1.807) is 15.9 Å². The van der Waals surface area contributed by atoms with Gasteiger partial charge < -0.3 is 14.4 Å². The third-order valence-electron chi connectivity index (χ3n) is 5.90. The van der Waals surface area contributed by atoms with Crippen LogP contribution < -0.4 is 0 Å². The summed E-state index contributed by atoms with van der Waals surface area (Å²) < 4.78 is 2.23. The van der Waals surface area contributed by atoms with E-state index in [2.05, 4.69) is 24.5 Å². The summed E-state index contributed by atoms with van der Waals surface area (Å²) in [7, 11) is 0. The van der Waals surface area contributed by atoms with Crippen molar-refractivity contribution in [1.29, 1.82) is 5.26 Å². The number of carbonyl (C=O) groups is 2. The van der Waals surface area contributed by atoms with E-state index in [1.807, 2.05) is 50.2 Å². The lowest BCUT2D eigenvalue weighted by Gasteiger charge is -2.22. The van der Waals surface area contributed by atoms with Gasteiger partial charge in [-0.2, -0.15) is 5.26 Å². The Bertz CT molecular complexity index is 1040. The molecule has 6 heteroatoms. The minimum absolute atomic E-state index is 0.0199. The number of benzene rings is 1. The maximum atomic E-state index is 13.1. The average molecular weight is 433 g/mol. The quantitative estimate of drug-likeness (QED) is 0.529. The van der Waals surface area contributed by atoms with E-state index in [0.29, 0.717) is 44.1 Å². The van der Waals surface area contributed by atoms with Crippen LogP contribution >= 0.6 is 0 Å². The van der Waals surface area contributed by atoms with E-state index in [-0.39, 0.29) is 17.4 Å². The van der Waals surface area contributed by atoms with Gasteiger partial charge in [0.25, 0.3) is 11.8 Å². The molecule has 1 aromatic carbocycles. The first-order chi connectivity index (χ1) is 15.3. The van der Waals surface area contributed by atoms with Crippen molar-refractivity contribution < 1.29 is 9.59 Å². The normalized spacial score (nSPS) is 14.9. The summed E-state index contributed by atoms with van der Waals surface area (Å²) in [6.07, 6.45) is 2.39. The number of nitrogens with zero attached hydrogens (tertiary/aromatic N) is 4. The van der Waals surface area contributed by atoms with Gasteiger partial charge in [-0.05, 0) is 56.0 Å². The number of nitriles is 1. The number of aryl methyl sites for hydroxylation is 1. The van der Waals surface area contributed by atoms with Crippen LogP contribution in [-0.4, -0.2) is 52.4 Å². The van der Waals surface area contributed by atoms with Gasteiger partial charge in [-0.1, -0.05) is 32.0 Å². The molecule has 1 aromatic heterocycles. The average Bonchev–Trinajstić information content (AvgIpc) is 2.95. The van der Waals surface area contributed by atoms with Crippen LogP contribution in [0, 0.1) is 31.1 Å². The van der Waals surface area contributed by atoms with Gasteiger partial charge in [-0.3, -0.25) is 9.59 Å². The third kappa shape index (κ3) is 5.28. The Kier molecular flexibility index (Phi) is 7.53. The molecule has 2 heterocycles. The molecule has 3 rings (SSSR count). The monoisotopic (exact) mass is 432 g/mol. The summed E-state index contributed by atoms with van der Waals surface area (Å²) in [5.41, 5.74) is 3.88.